The van der Waals surface area contributed by atoms with E-state index < -0.39 is 36.3 Å². The third kappa shape index (κ3) is 5.29. The molecule has 0 radical (unpaired) electrons. The van der Waals surface area contributed by atoms with Crippen molar-refractivity contribution in [2.75, 3.05) is 0 Å². The third-order valence-electron chi connectivity index (χ3n) is 7.57. The van der Waals surface area contributed by atoms with Crippen LogP contribution >= 0.6 is 0 Å². The topological polar surface area (TPSA) is 104 Å². The zero-order valence-electron chi connectivity index (χ0n) is 19.1. The highest BCUT2D eigenvalue weighted by Crippen LogP contribution is 2.50. The van der Waals surface area contributed by atoms with Gasteiger partial charge in [0.15, 0.2) is 5.78 Å². The van der Waals surface area contributed by atoms with E-state index in [0.29, 0.717) is 31.3 Å². The molecule has 10 unspecified atom stereocenters. The molecule has 0 saturated carbocycles. The van der Waals surface area contributed by atoms with Crippen LogP contribution in [-0.4, -0.2) is 51.5 Å². The Hall–Kier alpha value is -1.50. The number of fused-ring (bicyclic) bond motifs is 3. The molecule has 3 aliphatic rings. The Morgan fingerprint density at radius 1 is 1.10 bits per heavy atom. The van der Waals surface area contributed by atoms with Crippen LogP contribution in [0.4, 0.5) is 0 Å². The van der Waals surface area contributed by atoms with E-state index in [0.717, 1.165) is 0 Å². The van der Waals surface area contributed by atoms with Gasteiger partial charge in [-0.15, -0.1) is 0 Å². The van der Waals surface area contributed by atoms with E-state index in [1.165, 1.54) is 0 Å². The van der Waals surface area contributed by atoms with Crippen molar-refractivity contribution >= 4 is 11.8 Å². The van der Waals surface area contributed by atoms with Crippen molar-refractivity contribution in [2.45, 2.75) is 84.2 Å². The molecule has 0 aromatic carbocycles. The van der Waals surface area contributed by atoms with E-state index in [1.54, 1.807) is 20.8 Å². The maximum absolute atomic E-state index is 13.4. The molecule has 3 rings (SSSR count). The molecule has 3 N–H and O–H groups in total. The number of Topliss-reactive ketones (excluding diaryl/α,β-unsaturated/α-hetero) is 1. The summed E-state index contributed by atoms with van der Waals surface area (Å²) < 4.78 is 5.61. The number of aliphatic hydroxyl groups is 3. The highest BCUT2D eigenvalue weighted by molar-refractivity contribution is 5.99. The van der Waals surface area contributed by atoms with Crippen LogP contribution in [0.15, 0.2) is 23.8 Å². The third-order valence-corrected chi connectivity index (χ3v) is 7.57. The Morgan fingerprint density at radius 3 is 2.45 bits per heavy atom. The maximum atomic E-state index is 13.4. The van der Waals surface area contributed by atoms with Gasteiger partial charge >= 0.3 is 5.97 Å². The predicted molar refractivity (Wildman–Crippen MR) is 117 cm³/mol. The summed E-state index contributed by atoms with van der Waals surface area (Å²) >= 11 is 0. The molecule has 0 aromatic rings. The molecule has 0 bridgehead atoms. The van der Waals surface area contributed by atoms with E-state index in [1.807, 2.05) is 6.08 Å². The van der Waals surface area contributed by atoms with Gasteiger partial charge in [0.05, 0.1) is 24.7 Å². The summed E-state index contributed by atoms with van der Waals surface area (Å²) in [4.78, 5) is 26.2. The van der Waals surface area contributed by atoms with Gasteiger partial charge in [-0.3, -0.25) is 9.59 Å². The van der Waals surface area contributed by atoms with Gasteiger partial charge in [0, 0.05) is 11.8 Å². The molecule has 1 fully saturated rings. The number of cyclic esters (lactones) is 1. The monoisotopic (exact) mass is 434 g/mol. The predicted octanol–water partition coefficient (Wildman–Crippen LogP) is 2.80. The Balaban J connectivity index is 1.96. The molecule has 6 heteroatoms. The van der Waals surface area contributed by atoms with Crippen LogP contribution in [-0.2, 0) is 14.3 Å². The molecular formula is C25H38O6. The second kappa shape index (κ2) is 9.97. The van der Waals surface area contributed by atoms with Crippen molar-refractivity contribution in [3.63, 3.8) is 0 Å². The van der Waals surface area contributed by atoms with Crippen LogP contribution < -0.4 is 0 Å². The molecule has 0 spiro atoms. The number of rotatable bonds is 3. The van der Waals surface area contributed by atoms with E-state index in [9.17, 15) is 24.9 Å². The number of hydrogen-bond acceptors (Lipinski definition) is 6. The molecule has 174 valence electrons. The zero-order chi connectivity index (χ0) is 22.9. The normalized spacial score (nSPS) is 41.2. The quantitative estimate of drug-likeness (QED) is 0.466. The minimum absolute atomic E-state index is 0.0104. The lowest BCUT2D eigenvalue weighted by Gasteiger charge is -2.37. The molecular weight excluding hydrogens is 396 g/mol. The molecule has 1 heterocycles. The van der Waals surface area contributed by atoms with E-state index in [-0.39, 0.29) is 41.8 Å². The van der Waals surface area contributed by atoms with Gasteiger partial charge in [-0.25, -0.2) is 0 Å². The standard InChI is InChI=1S/C25H38O6/c1-13-8-9-17-19(18(13)10-14(2)26)11-21-20(17)12-24(29)31-23(16(4)27)7-5-6-22(28)15(3)25(21)30/h8-9,11,13-20,22-23,26-28H,5-7,10,12H2,1-4H3. The maximum Gasteiger partial charge on any atom is 0.306 e. The van der Waals surface area contributed by atoms with Gasteiger partial charge in [0.2, 0.25) is 0 Å². The number of esters is 1. The Bertz CT molecular complexity index is 724. The van der Waals surface area contributed by atoms with Gasteiger partial charge in [0.1, 0.15) is 6.10 Å². The highest BCUT2D eigenvalue weighted by Gasteiger charge is 2.47. The average molecular weight is 435 g/mol. The number of allylic oxidation sites excluding steroid dienone is 4. The van der Waals surface area contributed by atoms with Gasteiger partial charge < -0.3 is 20.1 Å². The fourth-order valence-corrected chi connectivity index (χ4v) is 5.67. The Morgan fingerprint density at radius 2 is 1.81 bits per heavy atom. The first-order chi connectivity index (χ1) is 14.6. The van der Waals surface area contributed by atoms with Crippen LogP contribution in [0.2, 0.25) is 0 Å². The van der Waals surface area contributed by atoms with Crippen molar-refractivity contribution < 1.29 is 29.6 Å². The fourth-order valence-electron chi connectivity index (χ4n) is 5.67. The molecule has 31 heavy (non-hydrogen) atoms. The minimum atomic E-state index is -0.791. The number of carbonyl (C=O) groups excluding carboxylic acids is 2. The summed E-state index contributed by atoms with van der Waals surface area (Å²) in [6.07, 6.45) is 5.77. The van der Waals surface area contributed by atoms with E-state index in [4.69, 9.17) is 4.74 Å². The van der Waals surface area contributed by atoms with Crippen molar-refractivity contribution in [1.29, 1.82) is 0 Å². The average Bonchev–Trinajstić information content (AvgIpc) is 3.05. The van der Waals surface area contributed by atoms with Gasteiger partial charge in [-0.1, -0.05) is 32.1 Å². The number of carbonyl (C=O) groups is 2. The summed E-state index contributed by atoms with van der Waals surface area (Å²) in [5.74, 6) is -0.858. The second-order valence-corrected chi connectivity index (χ2v) is 10.0. The number of ether oxygens (including phenoxy) is 1. The van der Waals surface area contributed by atoms with Crippen molar-refractivity contribution in [2.24, 2.45) is 35.5 Å². The molecule has 1 aliphatic heterocycles. The van der Waals surface area contributed by atoms with Crippen molar-refractivity contribution in [3.05, 3.63) is 23.8 Å². The first-order valence-electron chi connectivity index (χ1n) is 11.8. The van der Waals surface area contributed by atoms with Gasteiger partial charge in [-0.2, -0.15) is 0 Å². The summed E-state index contributed by atoms with van der Waals surface area (Å²) in [5.41, 5.74) is 0.613. The van der Waals surface area contributed by atoms with Crippen LogP contribution in [0.25, 0.3) is 0 Å². The lowest BCUT2D eigenvalue weighted by molar-refractivity contribution is -0.156. The minimum Gasteiger partial charge on any atom is -0.460 e. The molecule has 6 nitrogen and oxygen atoms in total. The van der Waals surface area contributed by atoms with Gasteiger partial charge in [0.25, 0.3) is 0 Å². The van der Waals surface area contributed by atoms with Crippen LogP contribution in [0.1, 0.15) is 59.8 Å². The first-order valence-corrected chi connectivity index (χ1v) is 11.8. The second-order valence-electron chi connectivity index (χ2n) is 10.0. The molecule has 1 saturated heterocycles. The SMILES string of the molecule is CC(O)CC1C(C)C=CC2C3CC(=O)OC(C(C)O)CCCC(O)C(C)C(=O)C3=CC21. The summed E-state index contributed by atoms with van der Waals surface area (Å²) in [7, 11) is 0. The van der Waals surface area contributed by atoms with E-state index in [2.05, 4.69) is 19.1 Å². The van der Waals surface area contributed by atoms with Crippen LogP contribution in [0.5, 0.6) is 0 Å². The summed E-state index contributed by atoms with van der Waals surface area (Å²) in [6.45, 7) is 7.27. The van der Waals surface area contributed by atoms with Crippen LogP contribution in [0, 0.1) is 35.5 Å². The Labute approximate surface area is 185 Å². The van der Waals surface area contributed by atoms with Gasteiger partial charge in [-0.05, 0) is 68.8 Å². The summed E-state index contributed by atoms with van der Waals surface area (Å²) in [5, 5.41) is 30.7. The lowest BCUT2D eigenvalue weighted by atomic mass is 9.68. The molecule has 2 aliphatic carbocycles. The molecule has 10 atom stereocenters. The fraction of sp³-hybridized carbons (Fsp3) is 0.760. The zero-order valence-corrected chi connectivity index (χ0v) is 19.1. The van der Waals surface area contributed by atoms with Crippen molar-refractivity contribution in [3.8, 4) is 0 Å². The van der Waals surface area contributed by atoms with E-state index >= 15 is 0 Å². The number of aliphatic hydroxyl groups excluding tert-OH is 3. The molecule has 0 amide bonds. The largest absolute Gasteiger partial charge is 0.460 e. The smallest absolute Gasteiger partial charge is 0.306 e. The lowest BCUT2D eigenvalue weighted by Crippen LogP contribution is -2.36. The summed E-state index contributed by atoms with van der Waals surface area (Å²) in [6, 6.07) is 0. The number of hydrogen-bond donors (Lipinski definition) is 3. The van der Waals surface area contributed by atoms with Crippen LogP contribution in [0.3, 0.4) is 0 Å². The molecule has 0 aromatic heterocycles. The highest BCUT2D eigenvalue weighted by atomic mass is 16.6. The number of ketones is 1. The first kappa shape index (κ1) is 24.1. The Kier molecular flexibility index (Phi) is 7.76. The van der Waals surface area contributed by atoms with Crippen molar-refractivity contribution in [1.82, 2.24) is 0 Å².